The number of fused-ring (bicyclic) bond motifs is 2. The van der Waals surface area contributed by atoms with E-state index in [1.54, 1.807) is 49.6 Å². The van der Waals surface area contributed by atoms with Gasteiger partial charge in [-0.05, 0) is 39.9 Å². The van der Waals surface area contributed by atoms with Gasteiger partial charge >= 0.3 is 0 Å². The van der Waals surface area contributed by atoms with Crippen molar-refractivity contribution in [2.75, 3.05) is 25.2 Å². The number of allylic oxidation sites excluding steroid dienone is 2. The van der Waals surface area contributed by atoms with Crippen molar-refractivity contribution in [1.82, 2.24) is 0 Å². The van der Waals surface area contributed by atoms with Crippen molar-refractivity contribution in [2.24, 2.45) is 0 Å². The van der Waals surface area contributed by atoms with Crippen LogP contribution in [0, 0.1) is 23.7 Å². The topological polar surface area (TPSA) is 58.9 Å². The smallest absolute Gasteiger partial charge is 0.192 e. The SMILES string of the molecule is CSSSC/C=C1\C2=CC3(C[C@@]1(O)C#C/C=C\C#C[C@@H]2O)OCCO3. The average Bonchev–Trinajstić information content (AvgIpc) is 3.02. The van der Waals surface area contributed by atoms with Crippen molar-refractivity contribution in [3.63, 3.8) is 0 Å². The Morgan fingerprint density at radius 3 is 2.84 bits per heavy atom. The third kappa shape index (κ3) is 4.32. The maximum atomic E-state index is 11.3. The van der Waals surface area contributed by atoms with Crippen molar-refractivity contribution < 1.29 is 19.7 Å². The molecule has 0 amide bonds. The van der Waals surface area contributed by atoms with Gasteiger partial charge in [0.15, 0.2) is 11.4 Å². The minimum atomic E-state index is -1.47. The fourth-order valence-electron chi connectivity index (χ4n) is 2.98. The summed E-state index contributed by atoms with van der Waals surface area (Å²) in [7, 11) is 4.98. The lowest BCUT2D eigenvalue weighted by atomic mass is 9.75. The third-order valence-electron chi connectivity index (χ3n) is 3.93. The molecule has 0 aromatic heterocycles. The summed E-state index contributed by atoms with van der Waals surface area (Å²) in [6.45, 7) is 0.877. The first-order valence-electron chi connectivity index (χ1n) is 7.72. The van der Waals surface area contributed by atoms with E-state index in [-0.39, 0.29) is 6.42 Å². The molecule has 0 unspecified atom stereocenters. The van der Waals surface area contributed by atoms with Gasteiger partial charge in [0.25, 0.3) is 0 Å². The molecule has 0 saturated carbocycles. The van der Waals surface area contributed by atoms with Crippen LogP contribution < -0.4 is 0 Å². The van der Waals surface area contributed by atoms with Crippen molar-refractivity contribution in [3.05, 3.63) is 35.5 Å². The fourth-order valence-corrected chi connectivity index (χ4v) is 5.39. The van der Waals surface area contributed by atoms with Crippen LogP contribution in [-0.2, 0) is 9.47 Å². The minimum Gasteiger partial charge on any atom is -0.376 e. The van der Waals surface area contributed by atoms with Crippen LogP contribution in [0.25, 0.3) is 0 Å². The molecule has 2 N–H and O–H groups in total. The zero-order valence-corrected chi connectivity index (χ0v) is 16.1. The predicted molar refractivity (Wildman–Crippen MR) is 105 cm³/mol. The van der Waals surface area contributed by atoms with Crippen molar-refractivity contribution in [2.45, 2.75) is 23.9 Å². The first kappa shape index (κ1) is 19.0. The predicted octanol–water partition coefficient (Wildman–Crippen LogP) is 2.31. The number of aliphatic hydroxyl groups excluding tert-OH is 1. The Kier molecular flexibility index (Phi) is 6.30. The lowest BCUT2D eigenvalue weighted by molar-refractivity contribution is -0.149. The van der Waals surface area contributed by atoms with Crippen molar-refractivity contribution in [1.29, 1.82) is 0 Å². The number of aliphatic hydroxyl groups is 2. The summed E-state index contributed by atoms with van der Waals surface area (Å²) < 4.78 is 11.5. The van der Waals surface area contributed by atoms with Gasteiger partial charge in [-0.15, -0.1) is 0 Å². The molecule has 0 aromatic carbocycles. The molecule has 1 saturated heterocycles. The second-order valence-corrected chi connectivity index (χ2v) is 9.95. The molecule has 1 aliphatic heterocycles. The Morgan fingerprint density at radius 1 is 1.32 bits per heavy atom. The monoisotopic (exact) mass is 394 g/mol. The lowest BCUT2D eigenvalue weighted by Gasteiger charge is -2.40. The maximum absolute atomic E-state index is 11.3. The van der Waals surface area contributed by atoms with Gasteiger partial charge in [-0.3, -0.25) is 0 Å². The van der Waals surface area contributed by atoms with E-state index in [0.29, 0.717) is 30.1 Å². The van der Waals surface area contributed by atoms with E-state index in [4.69, 9.17) is 9.47 Å². The summed E-state index contributed by atoms with van der Waals surface area (Å²) in [5.41, 5.74) is -0.387. The molecule has 2 bridgehead atoms. The van der Waals surface area contributed by atoms with Gasteiger partial charge in [0.2, 0.25) is 0 Å². The normalized spacial score (nSPS) is 32.4. The number of ether oxygens (including phenoxy) is 2. The summed E-state index contributed by atoms with van der Waals surface area (Å²) in [5, 5.41) is 21.9. The van der Waals surface area contributed by atoms with Gasteiger partial charge in [0, 0.05) is 11.3 Å². The molecule has 3 rings (SSSR count). The van der Waals surface area contributed by atoms with E-state index in [2.05, 4.69) is 23.7 Å². The number of rotatable bonds is 4. The molecule has 2 aliphatic carbocycles. The van der Waals surface area contributed by atoms with Crippen LogP contribution in [-0.4, -0.2) is 52.9 Å². The van der Waals surface area contributed by atoms with E-state index < -0.39 is 17.5 Å². The zero-order chi connectivity index (χ0) is 17.8. The Morgan fingerprint density at radius 2 is 2.08 bits per heavy atom. The molecule has 1 fully saturated rings. The summed E-state index contributed by atoms with van der Waals surface area (Å²) in [4.78, 5) is 0. The highest BCUT2D eigenvalue weighted by molar-refractivity contribution is 9.09. The molecule has 7 heteroatoms. The van der Waals surface area contributed by atoms with Crippen LogP contribution in [0.5, 0.6) is 0 Å². The van der Waals surface area contributed by atoms with Crippen LogP contribution in [0.2, 0.25) is 0 Å². The Balaban J connectivity index is 2.07. The minimum absolute atomic E-state index is 0.163. The molecule has 0 radical (unpaired) electrons. The quantitative estimate of drug-likeness (QED) is 0.431. The Bertz CT molecular complexity index is 729. The van der Waals surface area contributed by atoms with E-state index >= 15 is 0 Å². The van der Waals surface area contributed by atoms with Crippen LogP contribution in [0.4, 0.5) is 0 Å². The molecule has 2 atom stereocenters. The highest BCUT2D eigenvalue weighted by atomic mass is 33.5. The van der Waals surface area contributed by atoms with E-state index in [1.807, 2.05) is 12.3 Å². The third-order valence-corrected chi connectivity index (χ3v) is 7.66. The summed E-state index contributed by atoms with van der Waals surface area (Å²) in [5.74, 6) is 10.9. The van der Waals surface area contributed by atoms with Crippen LogP contribution in [0.1, 0.15) is 6.42 Å². The molecule has 1 heterocycles. The molecule has 1 spiro atoms. The highest BCUT2D eigenvalue weighted by Crippen LogP contribution is 2.44. The number of hydrogen-bond donors (Lipinski definition) is 2. The zero-order valence-electron chi connectivity index (χ0n) is 13.7. The second-order valence-electron chi connectivity index (χ2n) is 5.58. The number of hydrogen-bond acceptors (Lipinski definition) is 7. The van der Waals surface area contributed by atoms with E-state index in [0.717, 1.165) is 0 Å². The van der Waals surface area contributed by atoms with Gasteiger partial charge in [0.1, 0.15) is 6.10 Å². The average molecular weight is 395 g/mol. The Hall–Kier alpha value is -0.770. The molecular formula is C18H18O4S3. The largest absolute Gasteiger partial charge is 0.376 e. The van der Waals surface area contributed by atoms with Crippen molar-refractivity contribution in [3.8, 4) is 23.7 Å². The van der Waals surface area contributed by atoms with Crippen LogP contribution in [0.3, 0.4) is 0 Å². The lowest BCUT2D eigenvalue weighted by Crippen LogP contribution is -2.47. The van der Waals surface area contributed by atoms with Crippen LogP contribution in [0.15, 0.2) is 35.5 Å². The van der Waals surface area contributed by atoms with Gasteiger partial charge < -0.3 is 19.7 Å². The molecule has 3 aliphatic rings. The summed E-state index contributed by atoms with van der Waals surface area (Å²) in [6, 6.07) is 0. The van der Waals surface area contributed by atoms with Gasteiger partial charge in [-0.2, -0.15) is 0 Å². The molecule has 25 heavy (non-hydrogen) atoms. The fraction of sp³-hybridized carbons (Fsp3) is 0.444. The maximum Gasteiger partial charge on any atom is 0.192 e. The molecule has 0 aromatic rings. The molecule has 132 valence electrons. The summed E-state index contributed by atoms with van der Waals surface area (Å²) >= 11 is 0. The van der Waals surface area contributed by atoms with E-state index in [1.165, 1.54) is 0 Å². The first-order valence-corrected chi connectivity index (χ1v) is 11.8. The van der Waals surface area contributed by atoms with Gasteiger partial charge in [-0.1, -0.05) is 51.3 Å². The molecule has 4 nitrogen and oxygen atoms in total. The highest BCUT2D eigenvalue weighted by Gasteiger charge is 2.50. The van der Waals surface area contributed by atoms with Crippen molar-refractivity contribution >= 4 is 31.4 Å². The Labute approximate surface area is 159 Å². The first-order chi connectivity index (χ1) is 12.1. The van der Waals surface area contributed by atoms with E-state index in [9.17, 15) is 10.2 Å². The standard InChI is InChI=1S/C18H18O4S3/c1-23-25-24-11-7-15-14-12-18(21-9-10-22-18)13-17(15,20)8-5-3-2-4-6-16(14)19/h2-3,7,12,16,19-20H,9-11,13H2,1H3/b3-2-,15-7+/t16-,17-/m0/s1. The summed E-state index contributed by atoms with van der Waals surface area (Å²) in [6.07, 6.45) is 7.91. The van der Waals surface area contributed by atoms with Crippen LogP contribution >= 0.6 is 31.4 Å². The van der Waals surface area contributed by atoms with Gasteiger partial charge in [0.05, 0.1) is 19.6 Å². The second kappa shape index (κ2) is 8.28. The van der Waals surface area contributed by atoms with Gasteiger partial charge in [-0.25, -0.2) is 0 Å². The molecular weight excluding hydrogens is 376 g/mol.